The number of carbonyl (C=O) groups is 1. The van der Waals surface area contributed by atoms with Crippen molar-refractivity contribution in [3.8, 4) is 0 Å². The second-order valence-corrected chi connectivity index (χ2v) is 2.01. The third-order valence-corrected chi connectivity index (χ3v) is 1.18. The molecule has 6 nitrogen and oxygen atoms in total. The zero-order valence-corrected chi connectivity index (χ0v) is 7.20. The van der Waals surface area contributed by atoms with Gasteiger partial charge in [0.2, 0.25) is 0 Å². The lowest BCUT2D eigenvalue weighted by molar-refractivity contribution is -0.108. The maximum atomic E-state index is 10.1. The Labute approximate surface area is 70.9 Å². The maximum absolute atomic E-state index is 10.1. The molecule has 0 aromatic rings. The summed E-state index contributed by atoms with van der Waals surface area (Å²) in [6.45, 7) is 0.426. The monoisotopic (exact) mass is 178 g/mol. The van der Waals surface area contributed by atoms with E-state index in [1.54, 1.807) is 0 Å². The first kappa shape index (κ1) is 11.2. The minimum absolute atomic E-state index is 0.297. The summed E-state index contributed by atoms with van der Waals surface area (Å²) in [4.78, 5) is 14.3. The highest BCUT2D eigenvalue weighted by Crippen LogP contribution is 1.94. The molecular formula is C6H14N2O4. The lowest BCUT2D eigenvalue weighted by Crippen LogP contribution is -2.28. The largest absolute Gasteiger partial charge is 0.423 e. The number of methoxy groups -OCH3 is 2. The van der Waals surface area contributed by atoms with Gasteiger partial charge in [0, 0.05) is 27.2 Å². The Morgan fingerprint density at radius 2 is 2.08 bits per heavy atom. The molecule has 0 bridgehead atoms. The summed E-state index contributed by atoms with van der Waals surface area (Å²) in [6, 6.07) is 0. The molecule has 0 aliphatic heterocycles. The Morgan fingerprint density at radius 3 is 2.50 bits per heavy atom. The first-order chi connectivity index (χ1) is 5.70. The van der Waals surface area contributed by atoms with Gasteiger partial charge in [0.25, 0.3) is 0 Å². The minimum Gasteiger partial charge on any atom is -0.356 e. The number of nitrogens with two attached hydrogens (primary N) is 1. The summed E-state index contributed by atoms with van der Waals surface area (Å²) in [5, 5.41) is 0. The van der Waals surface area contributed by atoms with E-state index in [2.05, 4.69) is 16.1 Å². The highest BCUT2D eigenvalue weighted by Gasteiger charge is 2.03. The van der Waals surface area contributed by atoms with E-state index in [4.69, 9.17) is 9.47 Å². The Morgan fingerprint density at radius 1 is 1.50 bits per heavy atom. The molecular weight excluding hydrogens is 164 g/mol. The van der Waals surface area contributed by atoms with Gasteiger partial charge in [-0.15, -0.1) is 0 Å². The van der Waals surface area contributed by atoms with E-state index in [1.165, 1.54) is 14.2 Å². The summed E-state index contributed by atoms with van der Waals surface area (Å²) in [7, 11) is 3.06. The molecule has 0 aromatic heterocycles. The quantitative estimate of drug-likeness (QED) is 0.328. The molecule has 0 aromatic carbocycles. The second kappa shape index (κ2) is 6.84. The van der Waals surface area contributed by atoms with Crippen molar-refractivity contribution >= 4 is 6.09 Å². The van der Waals surface area contributed by atoms with Crippen LogP contribution < -0.4 is 11.2 Å². The van der Waals surface area contributed by atoms with Crippen molar-refractivity contribution in [2.24, 2.45) is 5.73 Å². The van der Waals surface area contributed by atoms with Gasteiger partial charge in [0.1, 0.15) is 0 Å². The maximum Gasteiger partial charge on any atom is 0.423 e. The van der Waals surface area contributed by atoms with Crippen molar-refractivity contribution < 1.29 is 19.1 Å². The number of ether oxygens (including phenoxy) is 2. The number of primary amides is 1. The van der Waals surface area contributed by atoms with E-state index in [-0.39, 0.29) is 6.29 Å². The van der Waals surface area contributed by atoms with E-state index < -0.39 is 6.09 Å². The van der Waals surface area contributed by atoms with Gasteiger partial charge in [-0.1, -0.05) is 0 Å². The van der Waals surface area contributed by atoms with Crippen LogP contribution in [0.4, 0.5) is 4.79 Å². The van der Waals surface area contributed by atoms with Crippen LogP contribution in [0, 0.1) is 0 Å². The Hall–Kier alpha value is -0.850. The van der Waals surface area contributed by atoms with Crippen molar-refractivity contribution in [2.45, 2.75) is 12.7 Å². The van der Waals surface area contributed by atoms with Gasteiger partial charge < -0.3 is 20.0 Å². The van der Waals surface area contributed by atoms with E-state index in [1.807, 2.05) is 0 Å². The second-order valence-electron chi connectivity index (χ2n) is 2.01. The molecule has 0 saturated heterocycles. The molecule has 0 saturated carbocycles. The van der Waals surface area contributed by atoms with Crippen LogP contribution in [0.5, 0.6) is 0 Å². The van der Waals surface area contributed by atoms with Crippen LogP contribution in [0.1, 0.15) is 6.42 Å². The SMILES string of the molecule is COC(CCNOC(N)=O)OC. The number of carbonyl (C=O) groups excluding carboxylic acids is 1. The molecule has 3 N–H and O–H groups in total. The molecule has 0 unspecified atom stereocenters. The molecule has 72 valence electrons. The van der Waals surface area contributed by atoms with E-state index in [9.17, 15) is 4.79 Å². The minimum atomic E-state index is -0.860. The molecule has 1 amide bonds. The zero-order chi connectivity index (χ0) is 9.40. The predicted octanol–water partition coefficient (Wildman–Crippen LogP) is -0.405. The van der Waals surface area contributed by atoms with Crippen LogP contribution in [-0.2, 0) is 14.3 Å². The summed E-state index contributed by atoms with van der Waals surface area (Å²) in [5.41, 5.74) is 7.04. The number of hydroxylamine groups is 1. The van der Waals surface area contributed by atoms with Gasteiger partial charge in [0.05, 0.1) is 0 Å². The van der Waals surface area contributed by atoms with Gasteiger partial charge in [0.15, 0.2) is 6.29 Å². The molecule has 0 aliphatic carbocycles. The van der Waals surface area contributed by atoms with Crippen molar-refractivity contribution in [2.75, 3.05) is 20.8 Å². The van der Waals surface area contributed by atoms with Crippen molar-refractivity contribution in [1.82, 2.24) is 5.48 Å². The number of amides is 1. The molecule has 0 rings (SSSR count). The third kappa shape index (κ3) is 5.90. The van der Waals surface area contributed by atoms with Crippen LogP contribution >= 0.6 is 0 Å². The Balaban J connectivity index is 3.23. The van der Waals surface area contributed by atoms with E-state index in [0.717, 1.165) is 0 Å². The number of hydrogen-bond donors (Lipinski definition) is 2. The van der Waals surface area contributed by atoms with Gasteiger partial charge in [-0.3, -0.25) is 0 Å². The molecule has 0 heterocycles. The van der Waals surface area contributed by atoms with Crippen molar-refractivity contribution in [3.05, 3.63) is 0 Å². The Kier molecular flexibility index (Phi) is 6.35. The standard InChI is InChI=1S/C6H14N2O4/c1-10-5(11-2)3-4-8-12-6(7)9/h5,8H,3-4H2,1-2H3,(H2,7,9). The van der Waals surface area contributed by atoms with Gasteiger partial charge >= 0.3 is 6.09 Å². The summed E-state index contributed by atoms with van der Waals surface area (Å²) in [6.07, 6.45) is -0.587. The molecule has 0 spiro atoms. The topological polar surface area (TPSA) is 82.8 Å². The predicted molar refractivity (Wildman–Crippen MR) is 41.1 cm³/mol. The molecule has 6 heteroatoms. The average Bonchev–Trinajstić information content (AvgIpc) is 2.04. The highest BCUT2D eigenvalue weighted by atomic mass is 16.7. The Bertz CT molecular complexity index is 127. The van der Waals surface area contributed by atoms with Gasteiger partial charge in [-0.2, -0.15) is 5.48 Å². The van der Waals surface area contributed by atoms with Crippen LogP contribution in [0.15, 0.2) is 0 Å². The molecule has 12 heavy (non-hydrogen) atoms. The smallest absolute Gasteiger partial charge is 0.356 e. The number of hydrogen-bond acceptors (Lipinski definition) is 5. The first-order valence-corrected chi connectivity index (χ1v) is 3.45. The average molecular weight is 178 g/mol. The molecule has 0 fully saturated rings. The van der Waals surface area contributed by atoms with Crippen molar-refractivity contribution in [1.29, 1.82) is 0 Å². The summed E-state index contributed by atoms with van der Waals surface area (Å²) < 4.78 is 9.75. The summed E-state index contributed by atoms with van der Waals surface area (Å²) >= 11 is 0. The first-order valence-electron chi connectivity index (χ1n) is 3.45. The molecule has 0 atom stereocenters. The van der Waals surface area contributed by atoms with Crippen LogP contribution in [0.25, 0.3) is 0 Å². The van der Waals surface area contributed by atoms with Crippen LogP contribution in [0.3, 0.4) is 0 Å². The van der Waals surface area contributed by atoms with Crippen LogP contribution in [0.2, 0.25) is 0 Å². The number of rotatable bonds is 6. The highest BCUT2D eigenvalue weighted by molar-refractivity contribution is 5.64. The number of nitrogens with one attached hydrogen (secondary N) is 1. The summed E-state index contributed by atoms with van der Waals surface area (Å²) in [5.74, 6) is 0. The fraction of sp³-hybridized carbons (Fsp3) is 0.833. The lowest BCUT2D eigenvalue weighted by atomic mass is 10.4. The van der Waals surface area contributed by atoms with E-state index >= 15 is 0 Å². The van der Waals surface area contributed by atoms with Crippen molar-refractivity contribution in [3.63, 3.8) is 0 Å². The zero-order valence-electron chi connectivity index (χ0n) is 7.20. The third-order valence-electron chi connectivity index (χ3n) is 1.18. The normalized spacial score (nSPS) is 10.2. The van der Waals surface area contributed by atoms with Crippen LogP contribution in [-0.4, -0.2) is 33.1 Å². The van der Waals surface area contributed by atoms with Gasteiger partial charge in [-0.05, 0) is 0 Å². The fourth-order valence-corrected chi connectivity index (χ4v) is 0.631. The fourth-order valence-electron chi connectivity index (χ4n) is 0.631. The lowest BCUT2D eigenvalue weighted by Gasteiger charge is -2.12. The molecule has 0 radical (unpaired) electrons. The molecule has 0 aliphatic rings. The van der Waals surface area contributed by atoms with E-state index in [0.29, 0.717) is 13.0 Å². The van der Waals surface area contributed by atoms with Gasteiger partial charge in [-0.25, -0.2) is 4.79 Å².